The molecule has 5 heteroatoms. The molecule has 0 aromatic carbocycles. The summed E-state index contributed by atoms with van der Waals surface area (Å²) in [5.41, 5.74) is 4.29. The molecule has 0 aromatic heterocycles. The molecule has 2 fully saturated rings. The summed E-state index contributed by atoms with van der Waals surface area (Å²) in [7, 11) is 4.61. The van der Waals surface area contributed by atoms with Crippen molar-refractivity contribution < 1.29 is 17.9 Å². The second-order valence-electron chi connectivity index (χ2n) is 7.16. The molecule has 130 valence electrons. The van der Waals surface area contributed by atoms with Crippen molar-refractivity contribution >= 4 is 25.4 Å². The van der Waals surface area contributed by atoms with Gasteiger partial charge in [0.25, 0.3) is 0 Å². The molecule has 0 unspecified atom stereocenters. The first-order chi connectivity index (χ1) is 10.1. The van der Waals surface area contributed by atoms with Crippen LogP contribution >= 0.6 is 25.4 Å². The van der Waals surface area contributed by atoms with E-state index in [0.29, 0.717) is 0 Å². The molecular formula is C16H37ClIrNP2+2. The Labute approximate surface area is 149 Å². The van der Waals surface area contributed by atoms with Crippen LogP contribution in [0.25, 0.3) is 0 Å². The average molecular weight is 533 g/mol. The third kappa shape index (κ3) is 6.64. The maximum atomic E-state index is 4.69. The molecule has 0 spiro atoms. The van der Waals surface area contributed by atoms with Crippen LogP contribution in [0, 0.1) is 0 Å². The van der Waals surface area contributed by atoms with Crippen LogP contribution in [0.1, 0.15) is 53.4 Å². The zero-order chi connectivity index (χ0) is 15.8. The first-order valence-electron chi connectivity index (χ1n) is 8.65. The Morgan fingerprint density at radius 1 is 0.762 bits per heavy atom. The van der Waals surface area contributed by atoms with Gasteiger partial charge in [0.1, 0.15) is 0 Å². The molecule has 2 rings (SSSR count). The van der Waals surface area contributed by atoms with E-state index < -0.39 is 0 Å². The van der Waals surface area contributed by atoms with Crippen molar-refractivity contribution in [3.63, 3.8) is 0 Å². The summed E-state index contributed by atoms with van der Waals surface area (Å²) < 4.78 is 0. The molecule has 2 aliphatic rings. The first kappa shape index (κ1) is 20.8. The molecule has 2 aliphatic heterocycles. The fourth-order valence-corrected chi connectivity index (χ4v) is 11.3. The summed E-state index contributed by atoms with van der Waals surface area (Å²) in [6, 6.07) is 0. The van der Waals surface area contributed by atoms with Gasteiger partial charge in [-0.1, -0.05) is 0 Å². The van der Waals surface area contributed by atoms with Crippen molar-refractivity contribution in [1.29, 1.82) is 0 Å². The Balaban J connectivity index is 0.00000106. The third-order valence-electron chi connectivity index (χ3n) is 5.78. The summed E-state index contributed by atoms with van der Waals surface area (Å²) >= 11 is 1.19. The minimum atomic E-state index is -0.0421. The van der Waals surface area contributed by atoms with Crippen LogP contribution in [0.2, 0.25) is 0 Å². The van der Waals surface area contributed by atoms with Gasteiger partial charge in [0, 0.05) is 28.9 Å². The van der Waals surface area contributed by atoms with E-state index in [9.17, 15) is 0 Å². The van der Waals surface area contributed by atoms with E-state index >= 15 is 0 Å². The number of hydrogen-bond acceptors (Lipinski definition) is 1. The van der Waals surface area contributed by atoms with Crippen molar-refractivity contribution in [3.05, 3.63) is 0 Å². The maximum absolute atomic E-state index is 4.69. The minimum absolute atomic E-state index is 0.0421. The quantitative estimate of drug-likeness (QED) is 0.397. The van der Waals surface area contributed by atoms with Crippen LogP contribution in [0.3, 0.4) is 0 Å². The number of rotatable bonds is 6. The fraction of sp³-hybridized carbons (Fsp3) is 1.00. The molecule has 4 atom stereocenters. The molecule has 2 heterocycles. The molecule has 21 heavy (non-hydrogen) atoms. The summed E-state index contributed by atoms with van der Waals surface area (Å²) in [6.07, 6.45) is 9.07. The van der Waals surface area contributed by atoms with Gasteiger partial charge in [-0.25, -0.2) is 0 Å². The Bertz CT molecular complexity index is 237. The zero-order valence-electron chi connectivity index (χ0n) is 14.2. The summed E-state index contributed by atoms with van der Waals surface area (Å²) in [5, 5.41) is 3.77. The van der Waals surface area contributed by atoms with E-state index in [-0.39, 0.29) is 15.8 Å². The van der Waals surface area contributed by atoms with Gasteiger partial charge in [-0.15, -0.1) is 0 Å². The second kappa shape index (κ2) is 11.3. The van der Waals surface area contributed by atoms with Crippen LogP contribution in [0.15, 0.2) is 0 Å². The van der Waals surface area contributed by atoms with Crippen LogP contribution < -0.4 is 5.32 Å². The number of nitrogens with one attached hydrogen (secondary N) is 1. The average Bonchev–Trinajstić information content (AvgIpc) is 2.97. The predicted molar refractivity (Wildman–Crippen MR) is 104 cm³/mol. The van der Waals surface area contributed by atoms with Gasteiger partial charge in [0.15, 0.2) is 0 Å². The zero-order valence-corrected chi connectivity index (χ0v) is 19.7. The van der Waals surface area contributed by atoms with Crippen molar-refractivity contribution in [2.75, 3.05) is 25.4 Å². The van der Waals surface area contributed by atoms with Gasteiger partial charge in [-0.2, -0.15) is 0 Å². The van der Waals surface area contributed by atoms with Gasteiger partial charge in [0.2, 0.25) is 0 Å². The van der Waals surface area contributed by atoms with Crippen LogP contribution in [-0.4, -0.2) is 48.0 Å². The topological polar surface area (TPSA) is 12.0 Å². The Morgan fingerprint density at radius 3 is 1.33 bits per heavy atom. The summed E-state index contributed by atoms with van der Waals surface area (Å²) in [6.45, 7) is 12.6. The normalized spacial score (nSPS) is 34.0. The van der Waals surface area contributed by atoms with Gasteiger partial charge in [0.05, 0.1) is 35.0 Å². The molecule has 0 bridgehead atoms. The molecule has 0 amide bonds. The number of halogens is 1. The van der Waals surface area contributed by atoms with Crippen molar-refractivity contribution in [3.8, 4) is 0 Å². The third-order valence-corrected chi connectivity index (χ3v) is 13.7. The summed E-state index contributed by atoms with van der Waals surface area (Å²) in [4.78, 5) is 0. The fourth-order valence-electron chi connectivity index (χ4n) is 4.29. The van der Waals surface area contributed by atoms with E-state index in [1.54, 1.807) is 0 Å². The summed E-state index contributed by atoms with van der Waals surface area (Å²) in [5.74, 6) is 0. The van der Waals surface area contributed by atoms with Crippen molar-refractivity contribution in [2.45, 2.75) is 76.0 Å². The van der Waals surface area contributed by atoms with Gasteiger partial charge < -0.3 is 5.32 Å². The molecule has 0 aromatic rings. The molecule has 2 saturated heterocycles. The molecular weight excluding hydrogens is 496 g/mol. The van der Waals surface area contributed by atoms with E-state index in [1.807, 2.05) is 0 Å². The van der Waals surface area contributed by atoms with Crippen LogP contribution in [0.4, 0.5) is 0 Å². The van der Waals surface area contributed by atoms with E-state index in [4.69, 9.17) is 9.58 Å². The SMILES string of the molecule is C[C@@H]1CC[C@@H](C)[PH+]1CCNCC[PH+]1[C@H](C)CC[C@H]1C.[Cl][IrH2]. The Kier molecular flexibility index (Phi) is 11.2. The van der Waals surface area contributed by atoms with E-state index in [2.05, 4.69) is 33.0 Å². The number of hydrogen-bond donors (Lipinski definition) is 1. The first-order valence-corrected chi connectivity index (χ1v) is 15.7. The Hall–Kier alpha value is 1.76. The Morgan fingerprint density at radius 2 is 1.05 bits per heavy atom. The van der Waals surface area contributed by atoms with E-state index in [1.165, 1.54) is 69.0 Å². The monoisotopic (exact) mass is 533 g/mol. The van der Waals surface area contributed by atoms with Gasteiger partial charge >= 0.3 is 27.5 Å². The van der Waals surface area contributed by atoms with Crippen LogP contribution in [0.5, 0.6) is 0 Å². The standard InChI is InChI=1S/C16H33NP2.ClH.Ir.2H/c1-13-5-6-14(2)18(13)11-9-17-10-12-19-15(3)7-8-16(19)4;;;;/h13-17H,5-12H2,1-4H3;1H;;;/q;;+1;;/p+1/t13-,14-,15-,16-;;;;/m1..../s1. The second-order valence-corrected chi connectivity index (χ2v) is 14.4. The molecule has 0 aliphatic carbocycles. The van der Waals surface area contributed by atoms with E-state index in [0.717, 1.165) is 22.6 Å². The predicted octanol–water partition coefficient (Wildman–Crippen LogP) is 4.30. The van der Waals surface area contributed by atoms with Crippen LogP contribution in [-0.2, 0) is 17.9 Å². The molecule has 0 saturated carbocycles. The molecule has 0 radical (unpaired) electrons. The van der Waals surface area contributed by atoms with Crippen molar-refractivity contribution in [1.82, 2.24) is 5.32 Å². The van der Waals surface area contributed by atoms with Gasteiger partial charge in [-0.05, 0) is 53.4 Å². The van der Waals surface area contributed by atoms with Gasteiger partial charge in [-0.3, -0.25) is 0 Å². The van der Waals surface area contributed by atoms with Crippen molar-refractivity contribution in [2.24, 2.45) is 0 Å². The molecule has 1 nitrogen and oxygen atoms in total. The molecule has 1 N–H and O–H groups in total.